The van der Waals surface area contributed by atoms with Gasteiger partial charge in [-0.05, 0) is 36.4 Å². The molecule has 4 heterocycles. The van der Waals surface area contributed by atoms with Crippen molar-refractivity contribution in [2.45, 2.75) is 6.92 Å². The molecule has 0 radical (unpaired) electrons. The molecule has 1 fully saturated rings. The average molecular weight is 429 g/mol. The van der Waals surface area contributed by atoms with Crippen molar-refractivity contribution in [3.8, 4) is 0 Å². The molecule has 10 nitrogen and oxygen atoms in total. The Morgan fingerprint density at radius 3 is 2.41 bits per heavy atom. The Kier molecular flexibility index (Phi) is 5.24. The monoisotopic (exact) mass is 429 g/mol. The molecule has 1 amide bonds. The van der Waals surface area contributed by atoms with E-state index in [1.807, 2.05) is 48.7 Å². The molecule has 1 aliphatic heterocycles. The number of pyridine rings is 1. The third kappa shape index (κ3) is 4.15. The smallest absolute Gasteiger partial charge is 0.221 e. The van der Waals surface area contributed by atoms with Crippen molar-refractivity contribution in [2.75, 3.05) is 46.6 Å². The largest absolute Gasteiger partial charge is 0.353 e. The predicted octanol–water partition coefficient (Wildman–Crippen LogP) is 2.78. The van der Waals surface area contributed by atoms with E-state index in [2.05, 4.69) is 45.4 Å². The Labute approximate surface area is 184 Å². The van der Waals surface area contributed by atoms with Crippen LogP contribution in [-0.2, 0) is 4.79 Å². The zero-order valence-electron chi connectivity index (χ0n) is 17.6. The lowest BCUT2D eigenvalue weighted by Crippen LogP contribution is -2.47. The SMILES string of the molecule is CC(=O)Nc1ccc(Nc2ncnc3nc(N4CCN(c5ccccn5)CC4)[nH]c23)cc1. The molecule has 1 aliphatic rings. The molecule has 3 aromatic heterocycles. The molecular weight excluding hydrogens is 406 g/mol. The van der Waals surface area contributed by atoms with Gasteiger partial charge >= 0.3 is 0 Å². The number of carbonyl (C=O) groups excluding carboxylic acids is 1. The number of piperazine rings is 1. The Balaban J connectivity index is 1.31. The van der Waals surface area contributed by atoms with Crippen LogP contribution in [-0.4, -0.2) is 57.0 Å². The minimum atomic E-state index is -0.103. The van der Waals surface area contributed by atoms with Crippen LogP contribution in [0.25, 0.3) is 11.2 Å². The van der Waals surface area contributed by atoms with Crippen molar-refractivity contribution in [1.82, 2.24) is 24.9 Å². The summed E-state index contributed by atoms with van der Waals surface area (Å²) < 4.78 is 0. The highest BCUT2D eigenvalue weighted by molar-refractivity contribution is 5.89. The number of carbonyl (C=O) groups is 1. The van der Waals surface area contributed by atoms with E-state index < -0.39 is 0 Å². The van der Waals surface area contributed by atoms with Crippen LogP contribution < -0.4 is 20.4 Å². The lowest BCUT2D eigenvalue weighted by atomic mass is 10.2. The third-order valence-electron chi connectivity index (χ3n) is 5.30. The standard InChI is InChI=1S/C22H23N9O/c1-15(32)26-16-5-7-17(8-6-16)27-20-19-21(25-14-24-20)29-22(28-19)31-12-10-30(11-13-31)18-4-2-3-9-23-18/h2-9,14H,10-13H2,1H3,(H,26,32)(H2,24,25,27,28,29). The molecule has 32 heavy (non-hydrogen) atoms. The van der Waals surface area contributed by atoms with Gasteiger partial charge in [-0.15, -0.1) is 0 Å². The van der Waals surface area contributed by atoms with E-state index in [1.54, 1.807) is 0 Å². The van der Waals surface area contributed by atoms with Gasteiger partial charge in [0, 0.05) is 50.7 Å². The van der Waals surface area contributed by atoms with Crippen molar-refractivity contribution in [3.05, 3.63) is 55.0 Å². The summed E-state index contributed by atoms with van der Waals surface area (Å²) in [4.78, 5) is 36.9. The highest BCUT2D eigenvalue weighted by atomic mass is 16.1. The maximum Gasteiger partial charge on any atom is 0.221 e. The Bertz CT molecular complexity index is 1220. The number of rotatable bonds is 5. The van der Waals surface area contributed by atoms with Gasteiger partial charge in [0.25, 0.3) is 0 Å². The number of hydrogen-bond acceptors (Lipinski definition) is 8. The molecule has 0 saturated carbocycles. The average Bonchev–Trinajstić information content (AvgIpc) is 3.26. The van der Waals surface area contributed by atoms with E-state index in [0.717, 1.165) is 54.8 Å². The van der Waals surface area contributed by atoms with Gasteiger partial charge in [0.15, 0.2) is 11.5 Å². The van der Waals surface area contributed by atoms with Crippen LogP contribution >= 0.6 is 0 Å². The van der Waals surface area contributed by atoms with Crippen molar-refractivity contribution in [1.29, 1.82) is 0 Å². The zero-order valence-corrected chi connectivity index (χ0v) is 17.6. The first-order valence-corrected chi connectivity index (χ1v) is 10.4. The lowest BCUT2D eigenvalue weighted by molar-refractivity contribution is -0.114. The number of fused-ring (bicyclic) bond motifs is 1. The Morgan fingerprint density at radius 2 is 1.69 bits per heavy atom. The van der Waals surface area contributed by atoms with Crippen LogP contribution in [0.3, 0.4) is 0 Å². The van der Waals surface area contributed by atoms with E-state index >= 15 is 0 Å². The summed E-state index contributed by atoms with van der Waals surface area (Å²) in [5.41, 5.74) is 2.95. The number of imidazole rings is 1. The second kappa shape index (κ2) is 8.50. The second-order valence-corrected chi connectivity index (χ2v) is 7.53. The van der Waals surface area contributed by atoms with Crippen LogP contribution in [0.4, 0.5) is 29.0 Å². The summed E-state index contributed by atoms with van der Waals surface area (Å²) in [6, 6.07) is 13.4. The summed E-state index contributed by atoms with van der Waals surface area (Å²) in [5.74, 6) is 2.33. The molecule has 5 rings (SSSR count). The molecule has 0 unspecified atom stereocenters. The maximum atomic E-state index is 11.2. The van der Waals surface area contributed by atoms with Gasteiger partial charge in [-0.2, -0.15) is 4.98 Å². The van der Waals surface area contributed by atoms with E-state index in [1.165, 1.54) is 13.3 Å². The highest BCUT2D eigenvalue weighted by Gasteiger charge is 2.21. The highest BCUT2D eigenvalue weighted by Crippen LogP contribution is 2.25. The van der Waals surface area contributed by atoms with Gasteiger partial charge in [-0.25, -0.2) is 15.0 Å². The van der Waals surface area contributed by atoms with Gasteiger partial charge in [0.1, 0.15) is 17.7 Å². The van der Waals surface area contributed by atoms with Crippen LogP contribution in [0.1, 0.15) is 6.92 Å². The summed E-state index contributed by atoms with van der Waals surface area (Å²) >= 11 is 0. The molecule has 0 spiro atoms. The van der Waals surface area contributed by atoms with Crippen molar-refractivity contribution < 1.29 is 4.79 Å². The number of anilines is 5. The summed E-state index contributed by atoms with van der Waals surface area (Å²) in [6.07, 6.45) is 3.32. The normalized spacial score (nSPS) is 13.9. The van der Waals surface area contributed by atoms with Crippen molar-refractivity contribution in [3.63, 3.8) is 0 Å². The fourth-order valence-corrected chi connectivity index (χ4v) is 3.73. The minimum absolute atomic E-state index is 0.103. The maximum absolute atomic E-state index is 11.2. The molecule has 3 N–H and O–H groups in total. The zero-order chi connectivity index (χ0) is 21.9. The molecule has 1 saturated heterocycles. The first-order chi connectivity index (χ1) is 15.7. The van der Waals surface area contributed by atoms with Crippen LogP contribution in [0.15, 0.2) is 55.0 Å². The Hall–Kier alpha value is -4.21. The summed E-state index contributed by atoms with van der Waals surface area (Å²) in [5, 5.41) is 6.06. The second-order valence-electron chi connectivity index (χ2n) is 7.53. The van der Waals surface area contributed by atoms with E-state index in [-0.39, 0.29) is 5.91 Å². The van der Waals surface area contributed by atoms with Crippen molar-refractivity contribution >= 4 is 46.0 Å². The number of nitrogens with zero attached hydrogens (tertiary/aromatic N) is 6. The molecule has 10 heteroatoms. The molecule has 1 aromatic carbocycles. The fraction of sp³-hybridized carbons (Fsp3) is 0.227. The van der Waals surface area contributed by atoms with Crippen LogP contribution in [0, 0.1) is 0 Å². The topological polar surface area (TPSA) is 115 Å². The lowest BCUT2D eigenvalue weighted by Gasteiger charge is -2.35. The number of amides is 1. The van der Waals surface area contributed by atoms with Gasteiger partial charge in [-0.1, -0.05) is 6.07 Å². The molecule has 0 atom stereocenters. The van der Waals surface area contributed by atoms with E-state index in [9.17, 15) is 4.79 Å². The van der Waals surface area contributed by atoms with Crippen LogP contribution in [0.5, 0.6) is 0 Å². The number of nitrogens with one attached hydrogen (secondary N) is 3. The quantitative estimate of drug-likeness (QED) is 0.444. The number of hydrogen-bond donors (Lipinski definition) is 3. The third-order valence-corrected chi connectivity index (χ3v) is 5.30. The van der Waals surface area contributed by atoms with Gasteiger partial charge < -0.3 is 25.4 Å². The summed E-state index contributed by atoms with van der Waals surface area (Å²) in [7, 11) is 0. The first-order valence-electron chi connectivity index (χ1n) is 10.4. The van der Waals surface area contributed by atoms with E-state index in [0.29, 0.717) is 11.5 Å². The predicted molar refractivity (Wildman–Crippen MR) is 124 cm³/mol. The molecule has 0 bridgehead atoms. The number of aromatic nitrogens is 5. The molecule has 4 aromatic rings. The molecular formula is C22H23N9O. The molecule has 0 aliphatic carbocycles. The van der Waals surface area contributed by atoms with Gasteiger partial charge in [0.2, 0.25) is 11.9 Å². The summed E-state index contributed by atoms with van der Waals surface area (Å²) in [6.45, 7) is 4.88. The van der Waals surface area contributed by atoms with E-state index in [4.69, 9.17) is 0 Å². The van der Waals surface area contributed by atoms with Gasteiger partial charge in [0.05, 0.1) is 0 Å². The van der Waals surface area contributed by atoms with Crippen molar-refractivity contribution in [2.24, 2.45) is 0 Å². The Morgan fingerprint density at radius 1 is 0.938 bits per heavy atom. The minimum Gasteiger partial charge on any atom is -0.353 e. The number of benzene rings is 1. The fourth-order valence-electron chi connectivity index (χ4n) is 3.73. The number of aromatic amines is 1. The number of H-pyrrole nitrogens is 1. The molecule has 162 valence electrons. The first kappa shape index (κ1) is 19.7. The van der Waals surface area contributed by atoms with Crippen LogP contribution in [0.2, 0.25) is 0 Å². The van der Waals surface area contributed by atoms with Gasteiger partial charge in [-0.3, -0.25) is 4.79 Å².